The van der Waals surface area contributed by atoms with Crippen LogP contribution in [0.15, 0.2) is 40.8 Å². The molecule has 0 saturated heterocycles. The van der Waals surface area contributed by atoms with Crippen LogP contribution < -0.4 is 0 Å². The summed E-state index contributed by atoms with van der Waals surface area (Å²) in [5, 5.41) is 9.50. The molecule has 0 aliphatic heterocycles. The number of halogens is 1. The van der Waals surface area contributed by atoms with E-state index < -0.39 is 10.0 Å². The van der Waals surface area contributed by atoms with Gasteiger partial charge in [0.1, 0.15) is 0 Å². The van der Waals surface area contributed by atoms with Crippen LogP contribution in [0.4, 0.5) is 0 Å². The molecule has 0 aromatic heterocycles. The Labute approximate surface area is 144 Å². The number of aliphatic hydroxyl groups is 1. The molecule has 4 nitrogen and oxygen atoms in total. The molecule has 1 aromatic carbocycles. The Kier molecular flexibility index (Phi) is 8.26. The van der Waals surface area contributed by atoms with E-state index >= 15 is 0 Å². The number of hydrogen-bond donors (Lipinski definition) is 1. The molecule has 1 aromatic rings. The lowest BCUT2D eigenvalue weighted by Gasteiger charge is -2.23. The van der Waals surface area contributed by atoms with Crippen LogP contribution in [-0.2, 0) is 10.0 Å². The quantitative estimate of drug-likeness (QED) is 0.684. The normalized spacial score (nSPS) is 13.1. The van der Waals surface area contributed by atoms with E-state index in [1.54, 1.807) is 12.1 Å². The van der Waals surface area contributed by atoms with Crippen LogP contribution in [0.2, 0.25) is 5.02 Å². The van der Waals surface area contributed by atoms with Crippen molar-refractivity contribution in [3.8, 4) is 0 Å². The molecule has 0 saturated carbocycles. The van der Waals surface area contributed by atoms with Gasteiger partial charge in [-0.05, 0) is 56.9 Å². The molecule has 6 heteroatoms. The molecular formula is C17H26ClNO3S. The predicted molar refractivity (Wildman–Crippen MR) is 95.1 cm³/mol. The van der Waals surface area contributed by atoms with Gasteiger partial charge in [-0.2, -0.15) is 4.31 Å². The van der Waals surface area contributed by atoms with Crippen LogP contribution in [0.25, 0.3) is 0 Å². The molecule has 0 fully saturated rings. The number of nitrogens with zero attached hydrogens (tertiary/aromatic N) is 1. The van der Waals surface area contributed by atoms with Crippen molar-refractivity contribution < 1.29 is 13.5 Å². The van der Waals surface area contributed by atoms with Crippen molar-refractivity contribution in [2.45, 2.75) is 38.5 Å². The topological polar surface area (TPSA) is 57.6 Å². The highest BCUT2D eigenvalue weighted by atomic mass is 35.5. The molecule has 0 radical (unpaired) electrons. The average molecular weight is 360 g/mol. The van der Waals surface area contributed by atoms with Gasteiger partial charge in [0.15, 0.2) is 0 Å². The van der Waals surface area contributed by atoms with E-state index in [0.717, 1.165) is 5.57 Å². The first-order valence-corrected chi connectivity index (χ1v) is 9.59. The molecule has 1 rings (SSSR count). The Morgan fingerprint density at radius 1 is 1.26 bits per heavy atom. The molecule has 0 aliphatic carbocycles. The van der Waals surface area contributed by atoms with Gasteiger partial charge in [0.25, 0.3) is 0 Å². The highest BCUT2D eigenvalue weighted by Gasteiger charge is 2.23. The van der Waals surface area contributed by atoms with E-state index in [0.29, 0.717) is 31.0 Å². The van der Waals surface area contributed by atoms with Crippen LogP contribution in [0, 0.1) is 5.92 Å². The predicted octanol–water partition coefficient (Wildman–Crippen LogP) is 3.71. The first-order chi connectivity index (χ1) is 10.8. The molecule has 0 amide bonds. The summed E-state index contributed by atoms with van der Waals surface area (Å²) in [4.78, 5) is 0.249. The van der Waals surface area contributed by atoms with Gasteiger partial charge in [-0.25, -0.2) is 8.42 Å². The lowest BCUT2D eigenvalue weighted by molar-refractivity contribution is 0.253. The van der Waals surface area contributed by atoms with Gasteiger partial charge in [-0.15, -0.1) is 0 Å². The average Bonchev–Trinajstić information content (AvgIpc) is 2.47. The zero-order valence-corrected chi connectivity index (χ0v) is 15.6. The molecule has 0 heterocycles. The summed E-state index contributed by atoms with van der Waals surface area (Å²) in [6.45, 7) is 6.81. The third kappa shape index (κ3) is 6.63. The number of hydrogen-bond acceptors (Lipinski definition) is 3. The summed E-state index contributed by atoms with van der Waals surface area (Å²) in [6, 6.07) is 6.23. The summed E-state index contributed by atoms with van der Waals surface area (Å²) >= 11 is 5.84. The lowest BCUT2D eigenvalue weighted by atomic mass is 10.1. The van der Waals surface area contributed by atoms with Crippen LogP contribution in [0.5, 0.6) is 0 Å². The van der Waals surface area contributed by atoms with Gasteiger partial charge in [0.2, 0.25) is 10.0 Å². The van der Waals surface area contributed by atoms with Gasteiger partial charge < -0.3 is 5.11 Å². The van der Waals surface area contributed by atoms with E-state index in [1.807, 2.05) is 26.8 Å². The van der Waals surface area contributed by atoms with Crippen molar-refractivity contribution in [1.82, 2.24) is 4.31 Å². The van der Waals surface area contributed by atoms with Gasteiger partial charge >= 0.3 is 0 Å². The molecule has 130 valence electrons. The maximum atomic E-state index is 12.8. The zero-order chi connectivity index (χ0) is 17.5. The Balaban J connectivity index is 2.96. The van der Waals surface area contributed by atoms with E-state index in [4.69, 9.17) is 16.7 Å². The fraction of sp³-hybridized carbons (Fsp3) is 0.529. The highest BCUT2D eigenvalue weighted by molar-refractivity contribution is 7.89. The van der Waals surface area contributed by atoms with Gasteiger partial charge in [0, 0.05) is 24.7 Å². The second kappa shape index (κ2) is 9.42. The lowest BCUT2D eigenvalue weighted by Crippen LogP contribution is -2.33. The molecule has 1 N–H and O–H groups in total. The SMILES string of the molecule is CC(C)=CCN(CC[C@@H](C)CCO)S(=O)(=O)c1ccc(Cl)cc1. The number of aliphatic hydroxyl groups excluding tert-OH is 1. The Morgan fingerprint density at radius 2 is 1.87 bits per heavy atom. The maximum absolute atomic E-state index is 12.8. The minimum Gasteiger partial charge on any atom is -0.396 e. The third-order valence-corrected chi connectivity index (χ3v) is 5.78. The van der Waals surface area contributed by atoms with Crippen molar-refractivity contribution >= 4 is 21.6 Å². The van der Waals surface area contributed by atoms with E-state index in [9.17, 15) is 8.42 Å². The summed E-state index contributed by atoms with van der Waals surface area (Å²) in [5.74, 6) is 0.273. The van der Waals surface area contributed by atoms with Gasteiger partial charge in [-0.1, -0.05) is 30.2 Å². The molecular weight excluding hydrogens is 334 g/mol. The van der Waals surface area contributed by atoms with Gasteiger partial charge in [-0.3, -0.25) is 0 Å². The molecule has 0 unspecified atom stereocenters. The molecule has 1 atom stereocenters. The molecule has 23 heavy (non-hydrogen) atoms. The molecule has 0 aliphatic rings. The number of benzene rings is 1. The maximum Gasteiger partial charge on any atom is 0.243 e. The number of rotatable bonds is 9. The van der Waals surface area contributed by atoms with Crippen molar-refractivity contribution in [3.63, 3.8) is 0 Å². The largest absolute Gasteiger partial charge is 0.396 e. The Morgan fingerprint density at radius 3 is 2.39 bits per heavy atom. The Hall–Kier alpha value is -0.880. The summed E-state index contributed by atoms with van der Waals surface area (Å²) < 4.78 is 27.1. The van der Waals surface area contributed by atoms with Crippen LogP contribution in [0.1, 0.15) is 33.6 Å². The smallest absolute Gasteiger partial charge is 0.243 e. The number of sulfonamides is 1. The fourth-order valence-corrected chi connectivity index (χ4v) is 3.60. The highest BCUT2D eigenvalue weighted by Crippen LogP contribution is 2.20. The van der Waals surface area contributed by atoms with Crippen molar-refractivity contribution in [2.24, 2.45) is 5.92 Å². The molecule has 0 bridgehead atoms. The Bertz CT molecular complexity index is 607. The number of allylic oxidation sites excluding steroid dienone is 1. The summed E-state index contributed by atoms with van der Waals surface area (Å²) in [6.07, 6.45) is 3.30. The first-order valence-electron chi connectivity index (χ1n) is 7.77. The van der Waals surface area contributed by atoms with Crippen LogP contribution in [-0.4, -0.2) is 37.5 Å². The zero-order valence-electron chi connectivity index (χ0n) is 14.0. The minimum absolute atomic E-state index is 0.124. The second-order valence-electron chi connectivity index (χ2n) is 6.00. The van der Waals surface area contributed by atoms with E-state index in [-0.39, 0.29) is 17.4 Å². The summed E-state index contributed by atoms with van der Waals surface area (Å²) in [5.41, 5.74) is 1.07. The third-order valence-electron chi connectivity index (χ3n) is 3.65. The van der Waals surface area contributed by atoms with Crippen molar-refractivity contribution in [1.29, 1.82) is 0 Å². The van der Waals surface area contributed by atoms with Crippen LogP contribution in [0.3, 0.4) is 0 Å². The molecule has 0 spiro atoms. The minimum atomic E-state index is -3.56. The monoisotopic (exact) mass is 359 g/mol. The van der Waals surface area contributed by atoms with E-state index in [2.05, 4.69) is 0 Å². The second-order valence-corrected chi connectivity index (χ2v) is 8.38. The first kappa shape index (κ1) is 20.2. The van der Waals surface area contributed by atoms with Gasteiger partial charge in [0.05, 0.1) is 4.90 Å². The van der Waals surface area contributed by atoms with Crippen LogP contribution >= 0.6 is 11.6 Å². The van der Waals surface area contributed by atoms with Crippen molar-refractivity contribution in [2.75, 3.05) is 19.7 Å². The fourth-order valence-electron chi connectivity index (χ4n) is 2.08. The standard InChI is InChI=1S/C17H26ClNO3S/c1-14(2)8-11-19(12-9-15(3)10-13-20)23(21,22)17-6-4-16(18)5-7-17/h4-8,15,20H,9-13H2,1-3H3/t15-/m1/s1. The van der Waals surface area contributed by atoms with Crippen molar-refractivity contribution in [3.05, 3.63) is 40.9 Å². The van der Waals surface area contributed by atoms with E-state index in [1.165, 1.54) is 16.4 Å². The summed E-state index contributed by atoms with van der Waals surface area (Å²) in [7, 11) is -3.56.